The summed E-state index contributed by atoms with van der Waals surface area (Å²) in [4.78, 5) is 53.4. The molecule has 0 radical (unpaired) electrons. The third kappa shape index (κ3) is 4.10. The van der Waals surface area contributed by atoms with Crippen LogP contribution in [0, 0.1) is 0 Å². The van der Waals surface area contributed by atoms with Crippen molar-refractivity contribution in [1.82, 2.24) is 14.7 Å². The number of carbonyl (C=O) groups excluding carboxylic acids is 4. The Labute approximate surface area is 170 Å². The minimum absolute atomic E-state index is 0.215. The first-order valence-electron chi connectivity index (χ1n) is 9.39. The monoisotopic (exact) mass is 426 g/mol. The van der Waals surface area contributed by atoms with Crippen molar-refractivity contribution in [3.8, 4) is 0 Å². The molecule has 2 saturated heterocycles. The SMILES string of the molecule is CC(C)N1C(=O)C(=O)N(CC(=O)N2CCN(c3cccc(C(F)(F)F)c3)CC2)C1=O. The quantitative estimate of drug-likeness (QED) is 0.539. The van der Waals surface area contributed by atoms with Crippen molar-refractivity contribution in [3.05, 3.63) is 29.8 Å². The van der Waals surface area contributed by atoms with Crippen LogP contribution in [0.2, 0.25) is 0 Å². The Bertz CT molecular complexity index is 879. The molecule has 1 aromatic rings. The van der Waals surface area contributed by atoms with E-state index < -0.39 is 48.1 Å². The molecule has 0 atom stereocenters. The van der Waals surface area contributed by atoms with Gasteiger partial charge in [-0.05, 0) is 32.0 Å². The van der Waals surface area contributed by atoms with E-state index in [9.17, 15) is 32.3 Å². The molecule has 0 aliphatic carbocycles. The van der Waals surface area contributed by atoms with Crippen molar-refractivity contribution in [2.75, 3.05) is 37.6 Å². The van der Waals surface area contributed by atoms with Gasteiger partial charge in [-0.2, -0.15) is 13.2 Å². The topological polar surface area (TPSA) is 81.2 Å². The molecule has 2 heterocycles. The highest BCUT2D eigenvalue weighted by Crippen LogP contribution is 2.31. The number of halogens is 3. The minimum atomic E-state index is -4.44. The molecule has 2 fully saturated rings. The molecular formula is C19H21F3N4O4. The second-order valence-electron chi connectivity index (χ2n) is 7.36. The first kappa shape index (κ1) is 21.6. The van der Waals surface area contributed by atoms with Crippen LogP contribution in [-0.2, 0) is 20.6 Å². The molecule has 8 nitrogen and oxygen atoms in total. The number of urea groups is 1. The van der Waals surface area contributed by atoms with Crippen LogP contribution in [0.5, 0.6) is 0 Å². The number of benzene rings is 1. The number of hydrogen-bond donors (Lipinski definition) is 0. The lowest BCUT2D eigenvalue weighted by Crippen LogP contribution is -2.52. The highest BCUT2D eigenvalue weighted by atomic mass is 19.4. The van der Waals surface area contributed by atoms with Crippen LogP contribution in [0.4, 0.5) is 23.7 Å². The molecule has 1 aromatic carbocycles. The normalized spacial score (nSPS) is 18.1. The highest BCUT2D eigenvalue weighted by Gasteiger charge is 2.46. The fraction of sp³-hybridized carbons (Fsp3) is 0.474. The summed E-state index contributed by atoms with van der Waals surface area (Å²) >= 11 is 0. The predicted octanol–water partition coefficient (Wildman–Crippen LogP) is 1.55. The van der Waals surface area contributed by atoms with Gasteiger partial charge >= 0.3 is 24.0 Å². The molecule has 30 heavy (non-hydrogen) atoms. The third-order valence-electron chi connectivity index (χ3n) is 5.06. The summed E-state index contributed by atoms with van der Waals surface area (Å²) in [5, 5.41) is 0. The fourth-order valence-electron chi connectivity index (χ4n) is 3.45. The summed E-state index contributed by atoms with van der Waals surface area (Å²) in [6, 6.07) is 3.62. The van der Waals surface area contributed by atoms with E-state index in [0.717, 1.165) is 17.0 Å². The number of anilines is 1. The van der Waals surface area contributed by atoms with Crippen molar-refractivity contribution in [2.45, 2.75) is 26.1 Å². The third-order valence-corrected chi connectivity index (χ3v) is 5.06. The lowest BCUT2D eigenvalue weighted by Gasteiger charge is -2.36. The van der Waals surface area contributed by atoms with Gasteiger partial charge in [0.15, 0.2) is 0 Å². The maximum Gasteiger partial charge on any atom is 0.416 e. The molecule has 0 saturated carbocycles. The van der Waals surface area contributed by atoms with E-state index in [0.29, 0.717) is 23.7 Å². The lowest BCUT2D eigenvalue weighted by atomic mass is 10.1. The fourth-order valence-corrected chi connectivity index (χ4v) is 3.45. The molecule has 0 bridgehead atoms. The molecule has 3 rings (SSSR count). The van der Waals surface area contributed by atoms with Crippen molar-refractivity contribution in [1.29, 1.82) is 0 Å². The van der Waals surface area contributed by atoms with Gasteiger partial charge in [0, 0.05) is 37.9 Å². The summed E-state index contributed by atoms with van der Waals surface area (Å²) in [6.07, 6.45) is -4.44. The molecule has 0 unspecified atom stereocenters. The van der Waals surface area contributed by atoms with Gasteiger partial charge in [-0.15, -0.1) is 0 Å². The standard InChI is InChI=1S/C19H21F3N4O4/c1-12(2)26-17(29)16(28)25(18(26)30)11-15(27)24-8-6-23(7-9-24)14-5-3-4-13(10-14)19(20,21)22/h3-5,10,12H,6-9,11H2,1-2H3. The summed E-state index contributed by atoms with van der Waals surface area (Å²) in [6.45, 7) is 3.65. The Balaban J connectivity index is 1.61. The minimum Gasteiger partial charge on any atom is -0.368 e. The largest absolute Gasteiger partial charge is 0.416 e. The number of imide groups is 2. The number of hydrogen-bond acceptors (Lipinski definition) is 5. The Hall–Kier alpha value is -3.11. The molecule has 0 spiro atoms. The number of piperazine rings is 1. The van der Waals surface area contributed by atoms with Gasteiger partial charge in [0.1, 0.15) is 6.54 Å². The van der Waals surface area contributed by atoms with E-state index >= 15 is 0 Å². The smallest absolute Gasteiger partial charge is 0.368 e. The van der Waals surface area contributed by atoms with Gasteiger partial charge in [-0.3, -0.25) is 19.3 Å². The van der Waals surface area contributed by atoms with E-state index in [1.807, 2.05) is 0 Å². The van der Waals surface area contributed by atoms with Gasteiger partial charge in [0.25, 0.3) is 0 Å². The van der Waals surface area contributed by atoms with E-state index in [2.05, 4.69) is 0 Å². The van der Waals surface area contributed by atoms with Crippen LogP contribution in [0.25, 0.3) is 0 Å². The van der Waals surface area contributed by atoms with Gasteiger partial charge in [0.05, 0.1) is 5.56 Å². The van der Waals surface area contributed by atoms with Crippen molar-refractivity contribution >= 4 is 29.4 Å². The highest BCUT2D eigenvalue weighted by molar-refractivity contribution is 6.45. The van der Waals surface area contributed by atoms with Gasteiger partial charge < -0.3 is 9.80 Å². The van der Waals surface area contributed by atoms with Crippen molar-refractivity contribution < 1.29 is 32.3 Å². The summed E-state index contributed by atoms with van der Waals surface area (Å²) in [7, 11) is 0. The van der Waals surface area contributed by atoms with Crippen LogP contribution in [-0.4, -0.2) is 77.2 Å². The Morgan fingerprint density at radius 1 is 1.03 bits per heavy atom. The Morgan fingerprint density at radius 2 is 1.67 bits per heavy atom. The van der Waals surface area contributed by atoms with E-state index in [-0.39, 0.29) is 13.1 Å². The van der Waals surface area contributed by atoms with Crippen LogP contribution in [0.3, 0.4) is 0 Å². The zero-order valence-corrected chi connectivity index (χ0v) is 16.5. The molecule has 0 aromatic heterocycles. The molecule has 5 amide bonds. The van der Waals surface area contributed by atoms with Crippen LogP contribution in [0.1, 0.15) is 19.4 Å². The number of nitrogens with zero attached hydrogens (tertiary/aromatic N) is 4. The zero-order chi connectivity index (χ0) is 22.2. The first-order valence-corrected chi connectivity index (χ1v) is 9.39. The summed E-state index contributed by atoms with van der Waals surface area (Å²) in [5.41, 5.74) is -0.344. The Morgan fingerprint density at radius 3 is 2.20 bits per heavy atom. The second kappa shape index (κ2) is 7.96. The van der Waals surface area contributed by atoms with Crippen LogP contribution >= 0.6 is 0 Å². The summed E-state index contributed by atoms with van der Waals surface area (Å²) < 4.78 is 38.7. The first-order chi connectivity index (χ1) is 14.0. The van der Waals surface area contributed by atoms with Gasteiger partial charge in [-0.1, -0.05) is 6.07 Å². The maximum absolute atomic E-state index is 12.9. The van der Waals surface area contributed by atoms with Gasteiger partial charge in [-0.25, -0.2) is 9.69 Å². The average molecular weight is 426 g/mol. The van der Waals surface area contributed by atoms with Crippen molar-refractivity contribution in [3.63, 3.8) is 0 Å². The van der Waals surface area contributed by atoms with Crippen LogP contribution < -0.4 is 4.90 Å². The zero-order valence-electron chi connectivity index (χ0n) is 16.5. The molecular weight excluding hydrogens is 405 g/mol. The average Bonchev–Trinajstić information content (AvgIpc) is 2.90. The molecule has 2 aliphatic heterocycles. The predicted molar refractivity (Wildman–Crippen MR) is 99.3 cm³/mol. The number of carbonyl (C=O) groups is 4. The van der Waals surface area contributed by atoms with E-state index in [4.69, 9.17) is 0 Å². The van der Waals surface area contributed by atoms with Crippen molar-refractivity contribution in [2.24, 2.45) is 0 Å². The maximum atomic E-state index is 12.9. The number of alkyl halides is 3. The second-order valence-corrected chi connectivity index (χ2v) is 7.36. The molecule has 162 valence electrons. The number of rotatable bonds is 4. The van der Waals surface area contributed by atoms with E-state index in [1.54, 1.807) is 24.8 Å². The molecule has 2 aliphatic rings. The summed E-state index contributed by atoms with van der Waals surface area (Å²) in [5.74, 6) is -2.50. The van der Waals surface area contributed by atoms with Gasteiger partial charge in [0.2, 0.25) is 5.91 Å². The van der Waals surface area contributed by atoms with E-state index in [1.165, 1.54) is 11.0 Å². The Kier molecular flexibility index (Phi) is 5.73. The molecule has 0 N–H and O–H groups in total. The number of amides is 5. The lowest BCUT2D eigenvalue weighted by molar-refractivity contribution is -0.145. The molecule has 11 heteroatoms. The van der Waals surface area contributed by atoms with Crippen LogP contribution in [0.15, 0.2) is 24.3 Å².